The van der Waals surface area contributed by atoms with Gasteiger partial charge in [0.05, 0.1) is 6.20 Å². The van der Waals surface area contributed by atoms with E-state index in [0.29, 0.717) is 17.7 Å². The molecule has 8 nitrogen and oxygen atoms in total. The molecule has 1 saturated carbocycles. The molecule has 1 saturated heterocycles. The molecule has 0 bridgehead atoms. The fraction of sp³-hybridized carbons (Fsp3) is 0.567. The second-order valence-corrected chi connectivity index (χ2v) is 11.0. The molecule has 2 aliphatic rings. The number of hydrogen-bond donors (Lipinski definition) is 1. The molecule has 1 aromatic carbocycles. The summed E-state index contributed by atoms with van der Waals surface area (Å²) >= 11 is 0. The number of nitrogens with one attached hydrogen (secondary N) is 1. The zero-order chi connectivity index (χ0) is 27.3. The van der Waals surface area contributed by atoms with Gasteiger partial charge in [0.25, 0.3) is 0 Å². The number of piperazine rings is 1. The Morgan fingerprint density at radius 2 is 1.95 bits per heavy atom. The largest absolute Gasteiger partial charge is 0.478 e. The Balaban J connectivity index is 1.58. The highest BCUT2D eigenvalue weighted by Gasteiger charge is 2.27. The molecule has 0 unspecified atom stereocenters. The summed E-state index contributed by atoms with van der Waals surface area (Å²) in [5.41, 5.74) is 2.93. The van der Waals surface area contributed by atoms with Gasteiger partial charge in [-0.2, -0.15) is 4.98 Å². The maximum atomic E-state index is 11.7. The standard InChI is InChI=1S/C30H44N6O2/c1-7-11-23-20-25(36-18-16-35(17-19-36)22(3)37)14-15-26(23)32-29-31-21-27(38-30(4,5)8-2)28(33-29)34(6)24-12-9-10-13-24/h8,14-15,20-21,24H,2,7,9-13,16-19H2,1,3-6H3,(H,31,32,33). The van der Waals surface area contributed by atoms with Crippen LogP contribution in [0, 0.1) is 0 Å². The lowest BCUT2D eigenvalue weighted by atomic mass is 10.1. The third kappa shape index (κ3) is 6.58. The van der Waals surface area contributed by atoms with Crippen molar-refractivity contribution in [2.45, 2.75) is 77.9 Å². The van der Waals surface area contributed by atoms with Gasteiger partial charge in [-0.1, -0.05) is 32.8 Å². The van der Waals surface area contributed by atoms with E-state index in [1.807, 2.05) is 18.7 Å². The number of benzene rings is 1. The Hall–Kier alpha value is -3.29. The topological polar surface area (TPSA) is 73.8 Å². The van der Waals surface area contributed by atoms with Gasteiger partial charge in [-0.05, 0) is 62.9 Å². The molecule has 0 atom stereocenters. The maximum absolute atomic E-state index is 11.7. The second-order valence-electron chi connectivity index (χ2n) is 11.0. The summed E-state index contributed by atoms with van der Waals surface area (Å²) < 4.78 is 6.29. The molecule has 1 aromatic heterocycles. The number of aromatic nitrogens is 2. The highest BCUT2D eigenvalue weighted by atomic mass is 16.5. The first-order valence-electron chi connectivity index (χ1n) is 14.0. The first-order valence-corrected chi connectivity index (χ1v) is 14.0. The molecule has 38 heavy (non-hydrogen) atoms. The fourth-order valence-corrected chi connectivity index (χ4v) is 5.31. The molecule has 1 aliphatic heterocycles. The van der Waals surface area contributed by atoms with Gasteiger partial charge in [0, 0.05) is 57.6 Å². The number of nitrogens with zero attached hydrogens (tertiary/aromatic N) is 5. The van der Waals surface area contributed by atoms with Crippen molar-refractivity contribution in [3.05, 3.63) is 42.6 Å². The van der Waals surface area contributed by atoms with Crippen LogP contribution in [0.2, 0.25) is 0 Å². The maximum Gasteiger partial charge on any atom is 0.229 e. The molecule has 0 radical (unpaired) electrons. The Morgan fingerprint density at radius 1 is 1.24 bits per heavy atom. The molecule has 1 amide bonds. The molecule has 2 fully saturated rings. The van der Waals surface area contributed by atoms with Crippen LogP contribution in [0.25, 0.3) is 0 Å². The molecular formula is C30H44N6O2. The zero-order valence-electron chi connectivity index (χ0n) is 23.8. The van der Waals surface area contributed by atoms with Crippen molar-refractivity contribution in [3.63, 3.8) is 0 Å². The SMILES string of the molecule is C=CC(C)(C)Oc1cnc(Nc2ccc(N3CCN(C(C)=O)CC3)cc2CCC)nc1N(C)C1CCCC1. The van der Waals surface area contributed by atoms with E-state index in [1.165, 1.54) is 24.1 Å². The van der Waals surface area contributed by atoms with Crippen LogP contribution >= 0.6 is 0 Å². The van der Waals surface area contributed by atoms with E-state index in [0.717, 1.165) is 63.4 Å². The lowest BCUT2D eigenvalue weighted by molar-refractivity contribution is -0.129. The lowest BCUT2D eigenvalue weighted by Crippen LogP contribution is -2.48. The van der Waals surface area contributed by atoms with Crippen molar-refractivity contribution in [3.8, 4) is 5.75 Å². The van der Waals surface area contributed by atoms with E-state index >= 15 is 0 Å². The van der Waals surface area contributed by atoms with Crippen molar-refractivity contribution in [2.75, 3.05) is 48.3 Å². The Labute approximate surface area is 228 Å². The minimum absolute atomic E-state index is 0.151. The molecule has 4 rings (SSSR count). The molecule has 8 heteroatoms. The van der Waals surface area contributed by atoms with Crippen molar-refractivity contribution in [1.82, 2.24) is 14.9 Å². The smallest absolute Gasteiger partial charge is 0.229 e. The summed E-state index contributed by atoms with van der Waals surface area (Å²) in [4.78, 5) is 27.9. The first-order chi connectivity index (χ1) is 18.2. The van der Waals surface area contributed by atoms with Gasteiger partial charge in [0.15, 0.2) is 11.6 Å². The van der Waals surface area contributed by atoms with Crippen LogP contribution in [-0.4, -0.2) is 65.6 Å². The van der Waals surface area contributed by atoms with E-state index < -0.39 is 5.60 Å². The molecular weight excluding hydrogens is 476 g/mol. The van der Waals surface area contributed by atoms with E-state index in [2.05, 4.69) is 58.9 Å². The van der Waals surface area contributed by atoms with Gasteiger partial charge in [-0.15, -0.1) is 0 Å². The highest BCUT2D eigenvalue weighted by molar-refractivity contribution is 5.73. The van der Waals surface area contributed by atoms with Gasteiger partial charge in [0.2, 0.25) is 11.9 Å². The van der Waals surface area contributed by atoms with Gasteiger partial charge >= 0.3 is 0 Å². The average Bonchev–Trinajstić information content (AvgIpc) is 3.45. The van der Waals surface area contributed by atoms with Crippen LogP contribution < -0.4 is 19.9 Å². The van der Waals surface area contributed by atoms with Gasteiger partial charge in [-0.25, -0.2) is 4.98 Å². The first kappa shape index (κ1) is 27.7. The lowest BCUT2D eigenvalue weighted by Gasteiger charge is -2.36. The number of amides is 1. The third-order valence-electron chi connectivity index (χ3n) is 7.75. The van der Waals surface area contributed by atoms with Crippen LogP contribution in [0.3, 0.4) is 0 Å². The van der Waals surface area contributed by atoms with Crippen molar-refractivity contribution < 1.29 is 9.53 Å². The predicted octanol–water partition coefficient (Wildman–Crippen LogP) is 5.56. The summed E-state index contributed by atoms with van der Waals surface area (Å²) in [5, 5.41) is 3.50. The number of carbonyl (C=O) groups is 1. The average molecular weight is 521 g/mol. The van der Waals surface area contributed by atoms with Crippen LogP contribution in [0.5, 0.6) is 5.75 Å². The minimum atomic E-state index is -0.524. The number of anilines is 4. The van der Waals surface area contributed by atoms with Crippen LogP contribution in [0.15, 0.2) is 37.1 Å². The molecule has 0 spiro atoms. The highest BCUT2D eigenvalue weighted by Crippen LogP contribution is 2.35. The van der Waals surface area contributed by atoms with Crippen molar-refractivity contribution in [1.29, 1.82) is 0 Å². The minimum Gasteiger partial charge on any atom is -0.478 e. The number of ether oxygens (including phenoxy) is 1. The summed E-state index contributed by atoms with van der Waals surface area (Å²) in [5.74, 6) is 2.19. The number of rotatable bonds is 10. The van der Waals surface area contributed by atoms with Gasteiger partial charge < -0.3 is 24.8 Å². The number of carbonyl (C=O) groups excluding carboxylic acids is 1. The monoisotopic (exact) mass is 520 g/mol. The Morgan fingerprint density at radius 3 is 2.58 bits per heavy atom. The van der Waals surface area contributed by atoms with Gasteiger partial charge in [0.1, 0.15) is 5.60 Å². The quantitative estimate of drug-likeness (QED) is 0.411. The van der Waals surface area contributed by atoms with Crippen molar-refractivity contribution in [2.24, 2.45) is 0 Å². The summed E-state index contributed by atoms with van der Waals surface area (Å²) in [7, 11) is 2.11. The normalized spacial score (nSPS) is 16.4. The third-order valence-corrected chi connectivity index (χ3v) is 7.75. The van der Waals surface area contributed by atoms with Crippen LogP contribution in [0.4, 0.5) is 23.1 Å². The predicted molar refractivity (Wildman–Crippen MR) is 156 cm³/mol. The summed E-state index contributed by atoms with van der Waals surface area (Å²) in [6.07, 6.45) is 10.4. The molecule has 1 aliphatic carbocycles. The molecule has 1 N–H and O–H groups in total. The molecule has 2 aromatic rings. The Bertz CT molecular complexity index is 1120. The van der Waals surface area contributed by atoms with E-state index in [9.17, 15) is 4.79 Å². The van der Waals surface area contributed by atoms with E-state index in [-0.39, 0.29) is 5.91 Å². The summed E-state index contributed by atoms with van der Waals surface area (Å²) in [6.45, 7) is 15.0. The summed E-state index contributed by atoms with van der Waals surface area (Å²) in [6, 6.07) is 7.00. The fourth-order valence-electron chi connectivity index (χ4n) is 5.31. The van der Waals surface area contributed by atoms with E-state index in [4.69, 9.17) is 9.72 Å². The molecule has 2 heterocycles. The zero-order valence-corrected chi connectivity index (χ0v) is 23.8. The molecule has 206 valence electrons. The van der Waals surface area contributed by atoms with Gasteiger partial charge in [-0.3, -0.25) is 4.79 Å². The van der Waals surface area contributed by atoms with Crippen molar-refractivity contribution >= 4 is 29.0 Å². The van der Waals surface area contributed by atoms with Crippen LogP contribution in [-0.2, 0) is 11.2 Å². The number of aryl methyl sites for hydroxylation is 1. The number of hydrogen-bond acceptors (Lipinski definition) is 7. The second kappa shape index (κ2) is 12.0. The van der Waals surface area contributed by atoms with Crippen LogP contribution in [0.1, 0.15) is 65.4 Å². The Kier molecular flexibility index (Phi) is 8.80. The van der Waals surface area contributed by atoms with E-state index in [1.54, 1.807) is 19.2 Å².